The zero-order valence-corrected chi connectivity index (χ0v) is 13.3. The SMILES string of the molecule is NC(=O)CC[C@H](NC(=O)CCSc1ccc[nH]c1=S)C(=O)O. The van der Waals surface area contributed by atoms with Crippen LogP contribution in [0.1, 0.15) is 19.3 Å². The van der Waals surface area contributed by atoms with Gasteiger partial charge in [-0.2, -0.15) is 0 Å². The average molecular weight is 343 g/mol. The maximum absolute atomic E-state index is 11.7. The Bertz CT molecular complexity index is 603. The fourth-order valence-corrected chi connectivity index (χ4v) is 2.77. The van der Waals surface area contributed by atoms with Crippen LogP contribution in [-0.4, -0.2) is 39.7 Å². The van der Waals surface area contributed by atoms with Gasteiger partial charge in [0.1, 0.15) is 10.7 Å². The van der Waals surface area contributed by atoms with Crippen molar-refractivity contribution in [3.63, 3.8) is 0 Å². The molecule has 0 spiro atoms. The van der Waals surface area contributed by atoms with Crippen molar-refractivity contribution in [3.8, 4) is 0 Å². The maximum Gasteiger partial charge on any atom is 0.326 e. The molecule has 1 aromatic rings. The summed E-state index contributed by atoms with van der Waals surface area (Å²) in [5, 5.41) is 11.4. The summed E-state index contributed by atoms with van der Waals surface area (Å²) in [5.74, 6) is -1.72. The molecule has 1 rings (SSSR count). The highest BCUT2D eigenvalue weighted by Gasteiger charge is 2.20. The number of aromatic amines is 1. The molecule has 5 N–H and O–H groups in total. The largest absolute Gasteiger partial charge is 0.480 e. The van der Waals surface area contributed by atoms with Crippen molar-refractivity contribution in [2.75, 3.05) is 5.75 Å². The van der Waals surface area contributed by atoms with E-state index in [2.05, 4.69) is 10.3 Å². The zero-order chi connectivity index (χ0) is 16.5. The van der Waals surface area contributed by atoms with Gasteiger partial charge in [-0.15, -0.1) is 11.8 Å². The van der Waals surface area contributed by atoms with Crippen molar-refractivity contribution >= 4 is 41.8 Å². The van der Waals surface area contributed by atoms with E-state index in [1.165, 1.54) is 11.8 Å². The third-order valence-corrected chi connectivity index (χ3v) is 4.21. The highest BCUT2D eigenvalue weighted by atomic mass is 32.2. The van der Waals surface area contributed by atoms with Gasteiger partial charge in [0.2, 0.25) is 11.8 Å². The standard InChI is InChI=1S/C13H17N3O4S2/c14-10(17)4-3-8(13(19)20)16-11(18)5-7-22-9-2-1-6-15-12(9)21/h1-2,6,8H,3-5,7H2,(H2,14,17)(H,15,21)(H,16,18)(H,19,20)/t8-/m0/s1. The summed E-state index contributed by atoms with van der Waals surface area (Å²) in [7, 11) is 0. The van der Waals surface area contributed by atoms with Crippen LogP contribution in [-0.2, 0) is 14.4 Å². The van der Waals surface area contributed by atoms with E-state index < -0.39 is 23.8 Å². The number of pyridine rings is 1. The van der Waals surface area contributed by atoms with Crippen LogP contribution in [0.15, 0.2) is 23.2 Å². The average Bonchev–Trinajstić information content (AvgIpc) is 2.45. The van der Waals surface area contributed by atoms with E-state index in [4.69, 9.17) is 23.1 Å². The fraction of sp³-hybridized carbons (Fsp3) is 0.385. The number of hydrogen-bond acceptors (Lipinski definition) is 5. The second-order valence-electron chi connectivity index (χ2n) is 4.43. The van der Waals surface area contributed by atoms with Crippen molar-refractivity contribution < 1.29 is 19.5 Å². The lowest BCUT2D eigenvalue weighted by Crippen LogP contribution is -2.41. The summed E-state index contributed by atoms with van der Waals surface area (Å²) in [4.78, 5) is 37.2. The first-order valence-corrected chi connectivity index (χ1v) is 7.90. The van der Waals surface area contributed by atoms with Gasteiger partial charge in [-0.05, 0) is 18.6 Å². The first-order valence-electron chi connectivity index (χ1n) is 6.51. The van der Waals surface area contributed by atoms with Crippen LogP contribution in [0.3, 0.4) is 0 Å². The molecule has 0 aliphatic carbocycles. The van der Waals surface area contributed by atoms with Gasteiger partial charge < -0.3 is 21.1 Å². The highest BCUT2D eigenvalue weighted by Crippen LogP contribution is 2.18. The molecule has 0 aliphatic heterocycles. The predicted octanol–water partition coefficient (Wildman–Crippen LogP) is 1.06. The number of nitrogens with one attached hydrogen (secondary N) is 2. The first-order chi connectivity index (χ1) is 10.4. The number of aromatic nitrogens is 1. The molecule has 22 heavy (non-hydrogen) atoms. The molecule has 0 unspecified atom stereocenters. The number of carbonyl (C=O) groups is 3. The van der Waals surface area contributed by atoms with Crippen molar-refractivity contribution in [1.29, 1.82) is 0 Å². The number of amides is 2. The van der Waals surface area contributed by atoms with Gasteiger partial charge in [-0.25, -0.2) is 4.79 Å². The summed E-state index contributed by atoms with van der Waals surface area (Å²) in [5.41, 5.74) is 4.97. The lowest BCUT2D eigenvalue weighted by Gasteiger charge is -2.13. The van der Waals surface area contributed by atoms with Gasteiger partial charge in [0.25, 0.3) is 0 Å². The Balaban J connectivity index is 2.40. The van der Waals surface area contributed by atoms with Crippen LogP contribution in [0.5, 0.6) is 0 Å². The van der Waals surface area contributed by atoms with Crippen LogP contribution in [0, 0.1) is 4.64 Å². The number of thioether (sulfide) groups is 1. The smallest absolute Gasteiger partial charge is 0.326 e. The van der Waals surface area contributed by atoms with E-state index in [1.54, 1.807) is 6.20 Å². The third kappa shape index (κ3) is 6.72. The summed E-state index contributed by atoms with van der Waals surface area (Å²) in [6.07, 6.45) is 1.75. The molecule has 0 bridgehead atoms. The Labute approximate surface area is 136 Å². The molecule has 0 aromatic carbocycles. The van der Waals surface area contributed by atoms with Gasteiger partial charge in [0.15, 0.2) is 0 Å². The lowest BCUT2D eigenvalue weighted by molar-refractivity contribution is -0.142. The quantitative estimate of drug-likeness (QED) is 0.392. The van der Waals surface area contributed by atoms with Crippen molar-refractivity contribution in [2.24, 2.45) is 5.73 Å². The van der Waals surface area contributed by atoms with Crippen LogP contribution in [0.4, 0.5) is 0 Å². The minimum atomic E-state index is -1.19. The predicted molar refractivity (Wildman–Crippen MR) is 85.0 cm³/mol. The van der Waals surface area contributed by atoms with E-state index in [1.807, 2.05) is 12.1 Å². The monoisotopic (exact) mass is 343 g/mol. The number of carboxylic acids is 1. The summed E-state index contributed by atoms with van der Waals surface area (Å²) >= 11 is 6.51. The minimum Gasteiger partial charge on any atom is -0.480 e. The Kier molecular flexibility index (Phi) is 7.61. The molecule has 0 radical (unpaired) electrons. The van der Waals surface area contributed by atoms with Gasteiger partial charge in [0, 0.05) is 29.7 Å². The molecule has 1 atom stereocenters. The molecule has 0 saturated heterocycles. The summed E-state index contributed by atoms with van der Waals surface area (Å²) in [6, 6.07) is 2.54. The number of hydrogen-bond donors (Lipinski definition) is 4. The summed E-state index contributed by atoms with van der Waals surface area (Å²) < 4.78 is 0.595. The van der Waals surface area contributed by atoms with Gasteiger partial charge in [0.05, 0.1) is 0 Å². The molecular weight excluding hydrogens is 326 g/mol. The van der Waals surface area contributed by atoms with E-state index in [9.17, 15) is 14.4 Å². The molecule has 0 fully saturated rings. The molecule has 7 nitrogen and oxygen atoms in total. The first kappa shape index (κ1) is 18.2. The molecular formula is C13H17N3O4S2. The number of carboxylic acid groups (broad SMARTS) is 1. The van der Waals surface area contributed by atoms with Gasteiger partial charge >= 0.3 is 5.97 Å². The Morgan fingerprint density at radius 3 is 2.73 bits per heavy atom. The Morgan fingerprint density at radius 1 is 1.41 bits per heavy atom. The fourth-order valence-electron chi connectivity index (χ4n) is 1.58. The van der Waals surface area contributed by atoms with Crippen LogP contribution >= 0.6 is 24.0 Å². The molecule has 0 saturated carbocycles. The lowest BCUT2D eigenvalue weighted by atomic mass is 10.1. The summed E-state index contributed by atoms with van der Waals surface area (Å²) in [6.45, 7) is 0. The topological polar surface area (TPSA) is 125 Å². The van der Waals surface area contributed by atoms with Crippen molar-refractivity contribution in [1.82, 2.24) is 10.3 Å². The van der Waals surface area contributed by atoms with Crippen molar-refractivity contribution in [3.05, 3.63) is 23.0 Å². The maximum atomic E-state index is 11.7. The second-order valence-corrected chi connectivity index (χ2v) is 5.97. The number of nitrogens with two attached hydrogens (primary N) is 1. The molecule has 1 heterocycles. The molecule has 2 amide bonds. The Morgan fingerprint density at radius 2 is 2.14 bits per heavy atom. The number of H-pyrrole nitrogens is 1. The van der Waals surface area contributed by atoms with E-state index in [0.717, 1.165) is 4.90 Å². The van der Waals surface area contributed by atoms with Crippen LogP contribution in [0.2, 0.25) is 0 Å². The Hall–Kier alpha value is -1.87. The van der Waals surface area contributed by atoms with Crippen LogP contribution < -0.4 is 11.1 Å². The van der Waals surface area contributed by atoms with Gasteiger partial charge in [-0.1, -0.05) is 12.2 Å². The molecule has 120 valence electrons. The molecule has 0 aliphatic rings. The minimum absolute atomic E-state index is 0.0203. The number of primary amides is 1. The second kappa shape index (κ2) is 9.21. The highest BCUT2D eigenvalue weighted by molar-refractivity contribution is 7.99. The van der Waals surface area contributed by atoms with E-state index in [0.29, 0.717) is 10.4 Å². The third-order valence-electron chi connectivity index (χ3n) is 2.68. The normalized spacial score (nSPS) is 11.6. The van der Waals surface area contributed by atoms with E-state index >= 15 is 0 Å². The number of carbonyl (C=O) groups excluding carboxylic acids is 2. The molecule has 9 heteroatoms. The van der Waals surface area contributed by atoms with Crippen LogP contribution in [0.25, 0.3) is 0 Å². The molecule has 1 aromatic heterocycles. The van der Waals surface area contributed by atoms with E-state index in [-0.39, 0.29) is 19.3 Å². The van der Waals surface area contributed by atoms with Gasteiger partial charge in [-0.3, -0.25) is 9.59 Å². The zero-order valence-electron chi connectivity index (χ0n) is 11.7. The number of rotatable bonds is 9. The number of aliphatic carboxylic acids is 1. The van der Waals surface area contributed by atoms with Crippen molar-refractivity contribution in [2.45, 2.75) is 30.2 Å².